The Labute approximate surface area is 157 Å². The zero-order valence-electron chi connectivity index (χ0n) is 15.0. The fraction of sp³-hybridized carbons (Fsp3) is 0.136. The highest BCUT2D eigenvalue weighted by Gasteiger charge is 2.09. The van der Waals surface area contributed by atoms with Crippen molar-refractivity contribution in [1.29, 1.82) is 0 Å². The van der Waals surface area contributed by atoms with Gasteiger partial charge in [-0.15, -0.1) is 0 Å². The van der Waals surface area contributed by atoms with Gasteiger partial charge in [0, 0.05) is 0 Å². The number of methoxy groups -OCH3 is 1. The average molecular weight is 360 g/mol. The van der Waals surface area contributed by atoms with Gasteiger partial charge in [0.1, 0.15) is 18.2 Å². The maximum Gasteiger partial charge on any atom is 0.161 e. The van der Waals surface area contributed by atoms with E-state index in [-0.39, 0.29) is 0 Å². The van der Waals surface area contributed by atoms with Crippen LogP contribution in [0.5, 0.6) is 11.5 Å². The second kappa shape index (κ2) is 7.83. The summed E-state index contributed by atoms with van der Waals surface area (Å²) in [7, 11) is 1.64. The van der Waals surface area contributed by atoms with Crippen LogP contribution in [0, 0.1) is 0 Å². The number of fused-ring (bicyclic) bond motifs is 1. The molecule has 0 aliphatic rings. The minimum Gasteiger partial charge on any atom is -0.493 e. The van der Waals surface area contributed by atoms with Crippen molar-refractivity contribution in [3.63, 3.8) is 0 Å². The molecule has 0 fully saturated rings. The van der Waals surface area contributed by atoms with Crippen LogP contribution in [-0.4, -0.2) is 23.3 Å². The summed E-state index contributed by atoms with van der Waals surface area (Å²) < 4.78 is 18.8. The molecule has 2 aromatic carbocycles. The third-order valence-electron chi connectivity index (χ3n) is 4.27. The maximum atomic E-state index is 5.94. The SMILES string of the molecule is COc1ccccc1OCCn1c(/C=C/c2ccco2)nc2ccccc21. The van der Waals surface area contributed by atoms with E-state index in [2.05, 4.69) is 10.6 Å². The molecule has 0 saturated heterocycles. The lowest BCUT2D eigenvalue weighted by atomic mass is 10.3. The van der Waals surface area contributed by atoms with Gasteiger partial charge >= 0.3 is 0 Å². The van der Waals surface area contributed by atoms with E-state index >= 15 is 0 Å². The van der Waals surface area contributed by atoms with Crippen molar-refractivity contribution >= 4 is 23.2 Å². The van der Waals surface area contributed by atoms with Gasteiger partial charge in [-0.3, -0.25) is 0 Å². The van der Waals surface area contributed by atoms with Gasteiger partial charge in [0.2, 0.25) is 0 Å². The monoisotopic (exact) mass is 360 g/mol. The Kier molecular flexibility index (Phi) is 4.92. The molecule has 0 aliphatic carbocycles. The van der Waals surface area contributed by atoms with Gasteiger partial charge in [0.05, 0.1) is 31.0 Å². The van der Waals surface area contributed by atoms with E-state index in [9.17, 15) is 0 Å². The second-order valence-electron chi connectivity index (χ2n) is 5.96. The first kappa shape index (κ1) is 17.0. The smallest absolute Gasteiger partial charge is 0.161 e. The van der Waals surface area contributed by atoms with Gasteiger partial charge < -0.3 is 18.5 Å². The number of rotatable bonds is 7. The van der Waals surface area contributed by atoms with Crippen LogP contribution >= 0.6 is 0 Å². The summed E-state index contributed by atoms with van der Waals surface area (Å²) in [6.07, 6.45) is 5.53. The molecule has 0 spiro atoms. The first-order chi connectivity index (χ1) is 13.3. The lowest BCUT2D eigenvalue weighted by Crippen LogP contribution is -2.10. The van der Waals surface area contributed by atoms with E-state index in [1.165, 1.54) is 0 Å². The average Bonchev–Trinajstić information content (AvgIpc) is 3.35. The van der Waals surface area contributed by atoms with Gasteiger partial charge in [0.15, 0.2) is 11.5 Å². The molecule has 0 bridgehead atoms. The van der Waals surface area contributed by atoms with Crippen molar-refractivity contribution in [1.82, 2.24) is 9.55 Å². The van der Waals surface area contributed by atoms with E-state index in [0.717, 1.165) is 34.1 Å². The molecule has 0 unspecified atom stereocenters. The van der Waals surface area contributed by atoms with Crippen LogP contribution in [0.4, 0.5) is 0 Å². The number of nitrogens with zero attached hydrogens (tertiary/aromatic N) is 2. The molecule has 5 nitrogen and oxygen atoms in total. The molecule has 4 rings (SSSR count). The summed E-state index contributed by atoms with van der Waals surface area (Å²) in [6.45, 7) is 1.17. The predicted molar refractivity (Wildman–Crippen MR) is 106 cm³/mol. The number of imidazole rings is 1. The van der Waals surface area contributed by atoms with Crippen LogP contribution in [0.25, 0.3) is 23.2 Å². The maximum absolute atomic E-state index is 5.94. The van der Waals surface area contributed by atoms with Crippen LogP contribution in [-0.2, 0) is 6.54 Å². The number of hydrogen-bond donors (Lipinski definition) is 0. The molecule has 0 atom stereocenters. The van der Waals surface area contributed by atoms with Crippen molar-refractivity contribution in [2.45, 2.75) is 6.54 Å². The second-order valence-corrected chi connectivity index (χ2v) is 5.96. The third-order valence-corrected chi connectivity index (χ3v) is 4.27. The molecule has 4 aromatic rings. The fourth-order valence-corrected chi connectivity index (χ4v) is 2.98. The minimum atomic E-state index is 0.502. The van der Waals surface area contributed by atoms with Crippen LogP contribution < -0.4 is 9.47 Å². The number of furan rings is 1. The van der Waals surface area contributed by atoms with Gasteiger partial charge in [-0.2, -0.15) is 0 Å². The molecule has 136 valence electrons. The Bertz CT molecular complexity index is 1050. The molecular weight excluding hydrogens is 340 g/mol. The molecular formula is C22H20N2O3. The molecule has 0 amide bonds. The zero-order chi connectivity index (χ0) is 18.5. The molecule has 27 heavy (non-hydrogen) atoms. The molecule has 0 aliphatic heterocycles. The Hall–Kier alpha value is -3.47. The summed E-state index contributed by atoms with van der Waals surface area (Å²) in [6, 6.07) is 19.5. The van der Waals surface area contributed by atoms with Crippen molar-refractivity contribution in [3.8, 4) is 11.5 Å². The third kappa shape index (κ3) is 3.72. The zero-order valence-corrected chi connectivity index (χ0v) is 15.0. The highest BCUT2D eigenvalue weighted by molar-refractivity contribution is 5.79. The summed E-state index contributed by atoms with van der Waals surface area (Å²) in [5, 5.41) is 0. The Balaban J connectivity index is 1.57. The summed E-state index contributed by atoms with van der Waals surface area (Å²) >= 11 is 0. The number of aromatic nitrogens is 2. The largest absolute Gasteiger partial charge is 0.493 e. The van der Waals surface area contributed by atoms with Gasteiger partial charge in [0.25, 0.3) is 0 Å². The Morgan fingerprint density at radius 3 is 2.59 bits per heavy atom. The van der Waals surface area contributed by atoms with E-state index in [1.807, 2.05) is 66.7 Å². The lowest BCUT2D eigenvalue weighted by molar-refractivity contribution is 0.281. The number of ether oxygens (including phenoxy) is 2. The first-order valence-corrected chi connectivity index (χ1v) is 8.78. The van der Waals surface area contributed by atoms with E-state index in [0.29, 0.717) is 13.2 Å². The number of hydrogen-bond acceptors (Lipinski definition) is 4. The van der Waals surface area contributed by atoms with E-state index < -0.39 is 0 Å². The lowest BCUT2D eigenvalue weighted by Gasteiger charge is -2.12. The summed E-state index contributed by atoms with van der Waals surface area (Å²) in [5.74, 6) is 3.11. The molecule has 5 heteroatoms. The van der Waals surface area contributed by atoms with E-state index in [1.54, 1.807) is 13.4 Å². The van der Waals surface area contributed by atoms with Crippen molar-refractivity contribution in [3.05, 3.63) is 78.5 Å². The van der Waals surface area contributed by atoms with Gasteiger partial charge in [-0.1, -0.05) is 24.3 Å². The molecule has 0 radical (unpaired) electrons. The van der Waals surface area contributed by atoms with Crippen LogP contribution in [0.15, 0.2) is 71.3 Å². The van der Waals surface area contributed by atoms with Crippen LogP contribution in [0.2, 0.25) is 0 Å². The highest BCUT2D eigenvalue weighted by atomic mass is 16.5. The Morgan fingerprint density at radius 2 is 1.78 bits per heavy atom. The minimum absolute atomic E-state index is 0.502. The standard InChI is InChI=1S/C22H20N2O3/c1-25-20-10-4-5-11-21(20)27-16-14-24-19-9-3-2-8-18(19)23-22(24)13-12-17-7-6-15-26-17/h2-13,15H,14,16H2,1H3/b13-12+. The molecule has 2 heterocycles. The molecule has 0 saturated carbocycles. The van der Waals surface area contributed by atoms with Crippen molar-refractivity contribution in [2.24, 2.45) is 0 Å². The quantitative estimate of drug-likeness (QED) is 0.471. The summed E-state index contributed by atoms with van der Waals surface area (Å²) in [4.78, 5) is 4.73. The van der Waals surface area contributed by atoms with Crippen molar-refractivity contribution < 1.29 is 13.9 Å². The number of para-hydroxylation sites is 4. The van der Waals surface area contributed by atoms with Crippen LogP contribution in [0.1, 0.15) is 11.6 Å². The fourth-order valence-electron chi connectivity index (χ4n) is 2.98. The summed E-state index contributed by atoms with van der Waals surface area (Å²) in [5.41, 5.74) is 2.02. The molecule has 0 N–H and O–H groups in total. The predicted octanol–water partition coefficient (Wildman–Crippen LogP) is 4.89. The Morgan fingerprint density at radius 1 is 0.963 bits per heavy atom. The normalized spacial score (nSPS) is 11.3. The van der Waals surface area contributed by atoms with Crippen molar-refractivity contribution in [2.75, 3.05) is 13.7 Å². The highest BCUT2D eigenvalue weighted by Crippen LogP contribution is 2.26. The molecule has 2 aromatic heterocycles. The number of benzene rings is 2. The first-order valence-electron chi connectivity index (χ1n) is 8.78. The van der Waals surface area contributed by atoms with Crippen LogP contribution in [0.3, 0.4) is 0 Å². The van der Waals surface area contributed by atoms with Gasteiger partial charge in [-0.05, 0) is 48.6 Å². The topological polar surface area (TPSA) is 49.4 Å². The van der Waals surface area contributed by atoms with E-state index in [4.69, 9.17) is 18.9 Å². The van der Waals surface area contributed by atoms with Gasteiger partial charge in [-0.25, -0.2) is 4.98 Å².